The lowest BCUT2D eigenvalue weighted by atomic mass is 10.1. The summed E-state index contributed by atoms with van der Waals surface area (Å²) in [4.78, 5) is 40.8. The van der Waals surface area contributed by atoms with E-state index in [1.165, 1.54) is 11.2 Å². The van der Waals surface area contributed by atoms with Crippen LogP contribution in [0.3, 0.4) is 0 Å². The molecule has 1 atom stereocenters. The molecule has 1 fully saturated rings. The minimum Gasteiger partial charge on any atom is -0.497 e. The van der Waals surface area contributed by atoms with Gasteiger partial charge in [-0.15, -0.1) is 0 Å². The molecule has 0 radical (unpaired) electrons. The third kappa shape index (κ3) is 3.86. The van der Waals surface area contributed by atoms with Crippen LogP contribution in [0.1, 0.15) is 31.9 Å². The number of anilines is 1. The van der Waals surface area contributed by atoms with Gasteiger partial charge >= 0.3 is 0 Å². The van der Waals surface area contributed by atoms with Crippen molar-refractivity contribution in [2.75, 3.05) is 12.0 Å². The fourth-order valence-corrected chi connectivity index (χ4v) is 3.16. The van der Waals surface area contributed by atoms with Crippen molar-refractivity contribution in [1.29, 1.82) is 0 Å². The van der Waals surface area contributed by atoms with Crippen LogP contribution in [0, 0.1) is 0 Å². The minimum atomic E-state index is -0.830. The van der Waals surface area contributed by atoms with Crippen LogP contribution in [0.15, 0.2) is 47.1 Å². The van der Waals surface area contributed by atoms with Crippen LogP contribution >= 0.6 is 0 Å². The lowest BCUT2D eigenvalue weighted by Gasteiger charge is -2.26. The van der Waals surface area contributed by atoms with Crippen molar-refractivity contribution in [3.8, 4) is 5.75 Å². The fourth-order valence-electron chi connectivity index (χ4n) is 3.16. The fraction of sp³-hybridized carbons (Fsp3) is 0.350. The molecule has 7 nitrogen and oxygen atoms in total. The van der Waals surface area contributed by atoms with Gasteiger partial charge in [-0.05, 0) is 42.8 Å². The highest BCUT2D eigenvalue weighted by atomic mass is 16.5. The molecule has 0 N–H and O–H groups in total. The number of ether oxygens (including phenoxy) is 1. The second kappa shape index (κ2) is 8.07. The predicted molar refractivity (Wildman–Crippen MR) is 98.1 cm³/mol. The Bertz CT molecular complexity index is 813. The van der Waals surface area contributed by atoms with Crippen LogP contribution in [0.4, 0.5) is 5.69 Å². The second-order valence-electron chi connectivity index (χ2n) is 6.34. The first kappa shape index (κ1) is 18.7. The highest BCUT2D eigenvalue weighted by molar-refractivity contribution is 6.23. The van der Waals surface area contributed by atoms with E-state index < -0.39 is 11.9 Å². The molecule has 27 heavy (non-hydrogen) atoms. The number of hydrogen-bond acceptors (Lipinski definition) is 5. The zero-order valence-corrected chi connectivity index (χ0v) is 15.4. The third-order valence-corrected chi connectivity index (χ3v) is 4.52. The van der Waals surface area contributed by atoms with E-state index in [9.17, 15) is 14.4 Å². The number of carbonyl (C=O) groups is 3. The maximum absolute atomic E-state index is 13.0. The molecule has 7 heteroatoms. The number of imide groups is 1. The summed E-state index contributed by atoms with van der Waals surface area (Å²) < 4.78 is 10.4. The summed E-state index contributed by atoms with van der Waals surface area (Å²) in [5, 5.41) is 0. The van der Waals surface area contributed by atoms with Crippen molar-refractivity contribution in [2.24, 2.45) is 0 Å². The lowest BCUT2D eigenvalue weighted by molar-refractivity contribution is -0.139. The molecule has 2 heterocycles. The van der Waals surface area contributed by atoms with Crippen LogP contribution in [-0.4, -0.2) is 35.8 Å². The SMILES string of the molecule is CCCC(=O)N(Cc1ccco1)C1CC(=O)N(c2ccc(OC)cc2)C1=O. The van der Waals surface area contributed by atoms with Gasteiger partial charge in [0.2, 0.25) is 11.8 Å². The molecule has 0 aliphatic carbocycles. The molecule has 1 aromatic heterocycles. The largest absolute Gasteiger partial charge is 0.497 e. The number of methoxy groups -OCH3 is 1. The average Bonchev–Trinajstić information content (AvgIpc) is 3.28. The quantitative estimate of drug-likeness (QED) is 0.700. The van der Waals surface area contributed by atoms with E-state index in [0.717, 1.165) is 4.90 Å². The van der Waals surface area contributed by atoms with Gasteiger partial charge in [0, 0.05) is 6.42 Å². The normalized spacial score (nSPS) is 16.7. The summed E-state index contributed by atoms with van der Waals surface area (Å²) in [7, 11) is 1.54. The molecule has 0 spiro atoms. The smallest absolute Gasteiger partial charge is 0.257 e. The Kier molecular flexibility index (Phi) is 5.59. The molecule has 3 amide bonds. The van der Waals surface area contributed by atoms with Crippen LogP contribution in [0.2, 0.25) is 0 Å². The Morgan fingerprint density at radius 2 is 2.00 bits per heavy atom. The van der Waals surface area contributed by atoms with Gasteiger partial charge in [-0.25, -0.2) is 4.90 Å². The molecule has 142 valence electrons. The number of nitrogens with zero attached hydrogens (tertiary/aromatic N) is 2. The van der Waals surface area contributed by atoms with Crippen molar-refractivity contribution < 1.29 is 23.5 Å². The molecule has 1 unspecified atom stereocenters. The Labute approximate surface area is 157 Å². The minimum absolute atomic E-state index is 0.0406. The topological polar surface area (TPSA) is 80.1 Å². The van der Waals surface area contributed by atoms with Crippen molar-refractivity contribution in [2.45, 2.75) is 38.8 Å². The maximum Gasteiger partial charge on any atom is 0.257 e. The number of hydrogen-bond donors (Lipinski definition) is 0. The summed E-state index contributed by atoms with van der Waals surface area (Å²) in [5.41, 5.74) is 0.467. The first-order valence-corrected chi connectivity index (χ1v) is 8.87. The number of furan rings is 1. The lowest BCUT2D eigenvalue weighted by Crippen LogP contribution is -2.45. The van der Waals surface area contributed by atoms with Gasteiger partial charge in [-0.1, -0.05) is 6.92 Å². The molecule has 0 bridgehead atoms. The van der Waals surface area contributed by atoms with Crippen molar-refractivity contribution in [1.82, 2.24) is 4.90 Å². The maximum atomic E-state index is 13.0. The zero-order chi connectivity index (χ0) is 19.4. The summed E-state index contributed by atoms with van der Waals surface area (Å²) in [6.07, 6.45) is 2.44. The Morgan fingerprint density at radius 3 is 2.59 bits per heavy atom. The molecule has 1 aromatic carbocycles. The highest BCUT2D eigenvalue weighted by Crippen LogP contribution is 2.28. The van der Waals surface area contributed by atoms with Crippen LogP contribution in [0.25, 0.3) is 0 Å². The average molecular weight is 370 g/mol. The molecular formula is C20H22N2O5. The molecule has 2 aromatic rings. The summed E-state index contributed by atoms with van der Waals surface area (Å²) >= 11 is 0. The van der Waals surface area contributed by atoms with E-state index in [1.807, 2.05) is 6.92 Å². The molecule has 0 saturated carbocycles. The summed E-state index contributed by atoms with van der Waals surface area (Å²) in [6, 6.07) is 9.32. The van der Waals surface area contributed by atoms with Gasteiger partial charge in [-0.2, -0.15) is 0 Å². The predicted octanol–water partition coefficient (Wildman–Crippen LogP) is 2.75. The summed E-state index contributed by atoms with van der Waals surface area (Å²) in [6.45, 7) is 2.06. The molecular weight excluding hydrogens is 348 g/mol. The number of amides is 3. The van der Waals surface area contributed by atoms with E-state index in [-0.39, 0.29) is 24.8 Å². The van der Waals surface area contributed by atoms with Gasteiger partial charge in [0.1, 0.15) is 17.6 Å². The van der Waals surface area contributed by atoms with Crippen LogP contribution in [0.5, 0.6) is 5.75 Å². The standard InChI is InChI=1S/C20H22N2O5/c1-3-5-18(23)21(13-16-6-4-11-27-16)17-12-19(24)22(20(17)25)14-7-9-15(26-2)10-8-14/h4,6-11,17H,3,5,12-13H2,1-2H3. The molecule has 1 aliphatic rings. The van der Waals surface area contributed by atoms with E-state index in [4.69, 9.17) is 9.15 Å². The van der Waals surface area contributed by atoms with E-state index in [0.29, 0.717) is 30.0 Å². The highest BCUT2D eigenvalue weighted by Gasteiger charge is 2.44. The molecule has 1 saturated heterocycles. The van der Waals surface area contributed by atoms with Gasteiger partial charge < -0.3 is 14.1 Å². The van der Waals surface area contributed by atoms with Crippen LogP contribution in [-0.2, 0) is 20.9 Å². The monoisotopic (exact) mass is 370 g/mol. The van der Waals surface area contributed by atoms with E-state index in [2.05, 4.69) is 0 Å². The first-order chi connectivity index (χ1) is 13.0. The molecule has 3 rings (SSSR count). The number of benzene rings is 1. The van der Waals surface area contributed by atoms with Gasteiger partial charge in [0.25, 0.3) is 5.91 Å². The molecule has 1 aliphatic heterocycles. The van der Waals surface area contributed by atoms with Crippen molar-refractivity contribution in [3.05, 3.63) is 48.4 Å². The van der Waals surface area contributed by atoms with Crippen molar-refractivity contribution in [3.63, 3.8) is 0 Å². The Balaban J connectivity index is 1.85. The first-order valence-electron chi connectivity index (χ1n) is 8.87. The van der Waals surface area contributed by atoms with Gasteiger partial charge in [-0.3, -0.25) is 14.4 Å². The number of rotatable bonds is 7. The third-order valence-electron chi connectivity index (χ3n) is 4.52. The Morgan fingerprint density at radius 1 is 1.26 bits per heavy atom. The van der Waals surface area contributed by atoms with Crippen LogP contribution < -0.4 is 9.64 Å². The van der Waals surface area contributed by atoms with Crippen molar-refractivity contribution >= 4 is 23.4 Å². The van der Waals surface area contributed by atoms with Gasteiger partial charge in [0.15, 0.2) is 0 Å². The van der Waals surface area contributed by atoms with E-state index in [1.54, 1.807) is 43.5 Å². The zero-order valence-electron chi connectivity index (χ0n) is 15.4. The second-order valence-corrected chi connectivity index (χ2v) is 6.34. The van der Waals surface area contributed by atoms with E-state index >= 15 is 0 Å². The summed E-state index contributed by atoms with van der Waals surface area (Å²) in [5.74, 6) is 0.302. The number of carbonyl (C=O) groups excluding carboxylic acids is 3. The Hall–Kier alpha value is -3.09. The van der Waals surface area contributed by atoms with Gasteiger partial charge in [0.05, 0.1) is 32.0 Å².